The highest BCUT2D eigenvalue weighted by Crippen LogP contribution is 2.23. The molecule has 1 heterocycles. The molecule has 0 aliphatic rings. The molecule has 0 bridgehead atoms. The molecule has 3 aromatic rings. The van der Waals surface area contributed by atoms with Gasteiger partial charge in [-0.2, -0.15) is 0 Å². The zero-order chi connectivity index (χ0) is 15.9. The summed E-state index contributed by atoms with van der Waals surface area (Å²) in [5.74, 6) is 1.79. The van der Waals surface area contributed by atoms with Crippen molar-refractivity contribution in [1.82, 2.24) is 0 Å². The minimum atomic E-state index is -0.238. The van der Waals surface area contributed by atoms with Crippen LogP contribution in [0.2, 0.25) is 0 Å². The predicted molar refractivity (Wildman–Crippen MR) is 89.3 cm³/mol. The van der Waals surface area contributed by atoms with E-state index < -0.39 is 0 Å². The van der Waals surface area contributed by atoms with E-state index in [4.69, 9.17) is 9.15 Å². The highest BCUT2D eigenvalue weighted by molar-refractivity contribution is 6.01. The van der Waals surface area contributed by atoms with Gasteiger partial charge in [-0.1, -0.05) is 24.3 Å². The Morgan fingerprint density at radius 1 is 0.957 bits per heavy atom. The van der Waals surface area contributed by atoms with Crippen LogP contribution in [-0.4, -0.2) is 5.91 Å². The van der Waals surface area contributed by atoms with Crippen molar-refractivity contribution >= 4 is 17.7 Å². The van der Waals surface area contributed by atoms with E-state index in [1.165, 1.54) is 6.08 Å². The van der Waals surface area contributed by atoms with Crippen molar-refractivity contribution in [1.29, 1.82) is 0 Å². The molecule has 0 spiro atoms. The van der Waals surface area contributed by atoms with Gasteiger partial charge in [-0.05, 0) is 42.5 Å². The van der Waals surface area contributed by atoms with Crippen LogP contribution in [0.3, 0.4) is 0 Å². The maximum absolute atomic E-state index is 11.9. The first-order valence-electron chi connectivity index (χ1n) is 7.15. The minimum Gasteiger partial charge on any atom is -0.465 e. The van der Waals surface area contributed by atoms with Gasteiger partial charge in [0.05, 0.1) is 6.26 Å². The summed E-state index contributed by atoms with van der Waals surface area (Å²) < 4.78 is 10.9. The van der Waals surface area contributed by atoms with Crippen molar-refractivity contribution in [2.75, 3.05) is 5.32 Å². The molecule has 114 valence electrons. The first-order chi connectivity index (χ1) is 11.3. The maximum atomic E-state index is 11.9. The smallest absolute Gasteiger partial charge is 0.248 e. The molecule has 0 saturated heterocycles. The molecule has 0 aliphatic carbocycles. The summed E-state index contributed by atoms with van der Waals surface area (Å²) in [6.45, 7) is 0. The van der Waals surface area contributed by atoms with Crippen molar-refractivity contribution < 1.29 is 13.9 Å². The maximum Gasteiger partial charge on any atom is 0.248 e. The van der Waals surface area contributed by atoms with E-state index >= 15 is 0 Å². The number of benzene rings is 2. The predicted octanol–water partition coefficient (Wildman–Crippen LogP) is 4.72. The van der Waals surface area contributed by atoms with E-state index in [1.54, 1.807) is 36.6 Å². The molecule has 3 rings (SSSR count). The average molecular weight is 305 g/mol. The number of para-hydroxylation sites is 1. The third-order valence-electron chi connectivity index (χ3n) is 3.02. The van der Waals surface area contributed by atoms with E-state index in [1.807, 2.05) is 42.5 Å². The Morgan fingerprint density at radius 2 is 1.78 bits per heavy atom. The number of carbonyl (C=O) groups excluding carboxylic acids is 1. The second kappa shape index (κ2) is 7.13. The number of amides is 1. The zero-order valence-corrected chi connectivity index (χ0v) is 12.3. The second-order valence-electron chi connectivity index (χ2n) is 4.78. The van der Waals surface area contributed by atoms with Gasteiger partial charge in [-0.25, -0.2) is 0 Å². The first-order valence-corrected chi connectivity index (χ1v) is 7.15. The molecule has 0 unspecified atom stereocenters. The Hall–Kier alpha value is -3.27. The van der Waals surface area contributed by atoms with Crippen LogP contribution < -0.4 is 10.1 Å². The summed E-state index contributed by atoms with van der Waals surface area (Å²) in [4.78, 5) is 11.9. The van der Waals surface area contributed by atoms with Crippen molar-refractivity contribution in [2.45, 2.75) is 0 Å². The van der Waals surface area contributed by atoms with E-state index in [0.29, 0.717) is 17.2 Å². The third-order valence-corrected chi connectivity index (χ3v) is 3.02. The lowest BCUT2D eigenvalue weighted by atomic mass is 10.3. The minimum absolute atomic E-state index is 0.238. The molecule has 0 atom stereocenters. The topological polar surface area (TPSA) is 51.5 Å². The van der Waals surface area contributed by atoms with Gasteiger partial charge in [0.15, 0.2) is 0 Å². The van der Waals surface area contributed by atoms with Gasteiger partial charge in [-0.3, -0.25) is 4.79 Å². The SMILES string of the molecule is O=C(C=Cc1ccco1)Nc1cccc(Oc2ccccc2)c1. The molecule has 0 radical (unpaired) electrons. The molecule has 0 saturated carbocycles. The largest absolute Gasteiger partial charge is 0.465 e. The molecule has 23 heavy (non-hydrogen) atoms. The highest BCUT2D eigenvalue weighted by atomic mass is 16.5. The summed E-state index contributed by atoms with van der Waals surface area (Å²) in [6, 6.07) is 20.2. The number of anilines is 1. The van der Waals surface area contributed by atoms with Crippen LogP contribution in [0, 0.1) is 0 Å². The Morgan fingerprint density at radius 3 is 2.57 bits per heavy atom. The monoisotopic (exact) mass is 305 g/mol. The fourth-order valence-corrected chi connectivity index (χ4v) is 1.99. The van der Waals surface area contributed by atoms with Crippen LogP contribution in [-0.2, 0) is 4.79 Å². The molecular formula is C19H15NO3. The van der Waals surface area contributed by atoms with Crippen LogP contribution >= 0.6 is 0 Å². The number of carbonyl (C=O) groups is 1. The van der Waals surface area contributed by atoms with Crippen LogP contribution in [0.1, 0.15) is 5.76 Å². The number of hydrogen-bond donors (Lipinski definition) is 1. The summed E-state index contributed by atoms with van der Waals surface area (Å²) in [7, 11) is 0. The summed E-state index contributed by atoms with van der Waals surface area (Å²) in [5.41, 5.74) is 0.660. The standard InChI is InChI=1S/C19H15NO3/c21-19(12-11-16-10-5-13-22-16)20-15-6-4-9-18(14-15)23-17-7-2-1-3-8-17/h1-14H,(H,20,21). The van der Waals surface area contributed by atoms with Crippen LogP contribution in [0.4, 0.5) is 5.69 Å². The number of hydrogen-bond acceptors (Lipinski definition) is 3. The van der Waals surface area contributed by atoms with Crippen LogP contribution in [0.5, 0.6) is 11.5 Å². The summed E-state index contributed by atoms with van der Waals surface area (Å²) in [5, 5.41) is 2.78. The van der Waals surface area contributed by atoms with Crippen molar-refractivity contribution in [3.05, 3.63) is 84.8 Å². The van der Waals surface area contributed by atoms with E-state index in [2.05, 4.69) is 5.32 Å². The molecule has 1 aromatic heterocycles. The molecular weight excluding hydrogens is 290 g/mol. The van der Waals surface area contributed by atoms with Crippen molar-refractivity contribution in [3.63, 3.8) is 0 Å². The zero-order valence-electron chi connectivity index (χ0n) is 12.3. The second-order valence-corrected chi connectivity index (χ2v) is 4.78. The van der Waals surface area contributed by atoms with Gasteiger partial charge in [0.2, 0.25) is 5.91 Å². The normalized spacial score (nSPS) is 10.6. The van der Waals surface area contributed by atoms with Gasteiger partial charge < -0.3 is 14.5 Å². The third kappa shape index (κ3) is 4.35. The van der Waals surface area contributed by atoms with Gasteiger partial charge in [0, 0.05) is 17.8 Å². The average Bonchev–Trinajstić information content (AvgIpc) is 3.08. The lowest BCUT2D eigenvalue weighted by molar-refractivity contribution is -0.111. The molecule has 0 aliphatic heterocycles. The fourth-order valence-electron chi connectivity index (χ4n) is 1.99. The lowest BCUT2D eigenvalue weighted by Crippen LogP contribution is -2.07. The summed E-state index contributed by atoms with van der Waals surface area (Å²) in [6.07, 6.45) is 4.59. The Labute approximate surface area is 134 Å². The van der Waals surface area contributed by atoms with E-state index in [0.717, 1.165) is 5.75 Å². The van der Waals surface area contributed by atoms with E-state index in [-0.39, 0.29) is 5.91 Å². The van der Waals surface area contributed by atoms with Gasteiger partial charge in [-0.15, -0.1) is 0 Å². The Balaban J connectivity index is 1.64. The summed E-state index contributed by atoms with van der Waals surface area (Å²) >= 11 is 0. The Kier molecular flexibility index (Phi) is 4.55. The van der Waals surface area contributed by atoms with Gasteiger partial charge >= 0.3 is 0 Å². The molecule has 1 N–H and O–H groups in total. The molecule has 2 aromatic carbocycles. The molecule has 1 amide bonds. The van der Waals surface area contributed by atoms with Crippen molar-refractivity contribution in [2.24, 2.45) is 0 Å². The fraction of sp³-hybridized carbons (Fsp3) is 0. The molecule has 4 heteroatoms. The first kappa shape index (κ1) is 14.7. The van der Waals surface area contributed by atoms with Crippen LogP contribution in [0.25, 0.3) is 6.08 Å². The highest BCUT2D eigenvalue weighted by Gasteiger charge is 2.02. The van der Waals surface area contributed by atoms with Crippen molar-refractivity contribution in [3.8, 4) is 11.5 Å². The van der Waals surface area contributed by atoms with Crippen LogP contribution in [0.15, 0.2) is 83.5 Å². The van der Waals surface area contributed by atoms with Gasteiger partial charge in [0.25, 0.3) is 0 Å². The lowest BCUT2D eigenvalue weighted by Gasteiger charge is -2.07. The number of furan rings is 1. The molecule has 4 nitrogen and oxygen atoms in total. The quantitative estimate of drug-likeness (QED) is 0.694. The molecule has 0 fully saturated rings. The number of rotatable bonds is 5. The van der Waals surface area contributed by atoms with E-state index in [9.17, 15) is 4.79 Å². The number of ether oxygens (including phenoxy) is 1. The van der Waals surface area contributed by atoms with Gasteiger partial charge in [0.1, 0.15) is 17.3 Å². The Bertz CT molecular complexity index is 793. The number of nitrogens with one attached hydrogen (secondary N) is 1.